The van der Waals surface area contributed by atoms with Gasteiger partial charge in [0.15, 0.2) is 0 Å². The topological polar surface area (TPSA) is 87.7 Å². The van der Waals surface area contributed by atoms with Crippen LogP contribution < -0.4 is 10.6 Å². The number of ether oxygens (including phenoxy) is 1. The van der Waals surface area contributed by atoms with Crippen LogP contribution in [0, 0.1) is 0 Å². The Balaban J connectivity index is 2.35. The van der Waals surface area contributed by atoms with E-state index in [0.29, 0.717) is 13.1 Å². The van der Waals surface area contributed by atoms with Gasteiger partial charge in [0.25, 0.3) is 0 Å². The number of carboxylic acids is 1. The van der Waals surface area contributed by atoms with Crippen LogP contribution in [0.25, 0.3) is 0 Å². The molecular formula is C16H24N2O4. The van der Waals surface area contributed by atoms with E-state index in [4.69, 9.17) is 9.84 Å². The van der Waals surface area contributed by atoms with Crippen LogP contribution >= 0.6 is 0 Å². The molecule has 0 aliphatic heterocycles. The van der Waals surface area contributed by atoms with E-state index in [0.717, 1.165) is 5.56 Å². The molecule has 0 aliphatic rings. The highest BCUT2D eigenvalue weighted by Crippen LogP contribution is 2.07. The van der Waals surface area contributed by atoms with Crippen LogP contribution in [0.3, 0.4) is 0 Å². The Kier molecular flexibility index (Phi) is 6.85. The van der Waals surface area contributed by atoms with Gasteiger partial charge >= 0.3 is 12.1 Å². The van der Waals surface area contributed by atoms with Crippen molar-refractivity contribution in [2.45, 2.75) is 45.4 Å². The Morgan fingerprint density at radius 3 is 2.41 bits per heavy atom. The van der Waals surface area contributed by atoms with Crippen LogP contribution in [0.15, 0.2) is 30.3 Å². The highest BCUT2D eigenvalue weighted by atomic mass is 16.6. The summed E-state index contributed by atoms with van der Waals surface area (Å²) in [5.41, 5.74) is 0.466. The molecule has 0 fully saturated rings. The number of carbonyl (C=O) groups excluding carboxylic acids is 1. The van der Waals surface area contributed by atoms with Gasteiger partial charge in [-0.1, -0.05) is 30.3 Å². The Bertz CT molecular complexity index is 483. The molecule has 1 rings (SSSR count). The Morgan fingerprint density at radius 2 is 1.86 bits per heavy atom. The average Bonchev–Trinajstić information content (AvgIpc) is 2.41. The zero-order valence-corrected chi connectivity index (χ0v) is 13.3. The minimum atomic E-state index is -1.08. The molecule has 0 aromatic heterocycles. The molecule has 0 saturated heterocycles. The van der Waals surface area contributed by atoms with Crippen molar-refractivity contribution >= 4 is 12.1 Å². The van der Waals surface area contributed by atoms with Crippen LogP contribution in [0.5, 0.6) is 0 Å². The van der Waals surface area contributed by atoms with E-state index in [2.05, 4.69) is 10.6 Å². The third-order valence-electron chi connectivity index (χ3n) is 2.77. The van der Waals surface area contributed by atoms with E-state index in [-0.39, 0.29) is 6.42 Å². The summed E-state index contributed by atoms with van der Waals surface area (Å²) in [7, 11) is 0. The molecule has 1 atom stereocenters. The molecule has 0 spiro atoms. The minimum absolute atomic E-state index is 0.279. The van der Waals surface area contributed by atoms with Crippen LogP contribution in [-0.2, 0) is 16.1 Å². The van der Waals surface area contributed by atoms with Crippen LogP contribution in [0.4, 0.5) is 4.79 Å². The Morgan fingerprint density at radius 1 is 1.23 bits per heavy atom. The first kappa shape index (κ1) is 18.0. The lowest BCUT2D eigenvalue weighted by molar-refractivity contribution is -0.139. The largest absolute Gasteiger partial charge is 0.480 e. The quantitative estimate of drug-likeness (QED) is 0.672. The molecule has 0 bridgehead atoms. The number of benzene rings is 1. The summed E-state index contributed by atoms with van der Waals surface area (Å²) in [6, 6.07) is 8.83. The molecule has 122 valence electrons. The van der Waals surface area contributed by atoms with Crippen LogP contribution in [-0.4, -0.2) is 35.4 Å². The Labute approximate surface area is 130 Å². The number of hydrogen-bond donors (Lipinski definition) is 3. The summed E-state index contributed by atoms with van der Waals surface area (Å²) < 4.78 is 5.06. The maximum absolute atomic E-state index is 11.6. The second-order valence-electron chi connectivity index (χ2n) is 5.99. The third kappa shape index (κ3) is 7.64. The first-order valence-corrected chi connectivity index (χ1v) is 7.25. The lowest BCUT2D eigenvalue weighted by Gasteiger charge is -2.22. The Hall–Kier alpha value is -2.08. The van der Waals surface area contributed by atoms with E-state index in [9.17, 15) is 9.59 Å². The summed E-state index contributed by atoms with van der Waals surface area (Å²) >= 11 is 0. The van der Waals surface area contributed by atoms with E-state index >= 15 is 0 Å². The maximum atomic E-state index is 11.6. The molecule has 3 N–H and O–H groups in total. The van der Waals surface area contributed by atoms with Crippen molar-refractivity contribution < 1.29 is 19.4 Å². The van der Waals surface area contributed by atoms with Gasteiger partial charge in [-0.15, -0.1) is 0 Å². The molecular weight excluding hydrogens is 284 g/mol. The van der Waals surface area contributed by atoms with Gasteiger partial charge in [0.2, 0.25) is 0 Å². The van der Waals surface area contributed by atoms with Gasteiger partial charge < -0.3 is 20.5 Å². The number of rotatable bonds is 7. The van der Waals surface area contributed by atoms with Crippen molar-refractivity contribution in [3.05, 3.63) is 35.9 Å². The molecule has 22 heavy (non-hydrogen) atoms. The van der Waals surface area contributed by atoms with Gasteiger partial charge in [0, 0.05) is 6.54 Å². The zero-order chi connectivity index (χ0) is 16.6. The van der Waals surface area contributed by atoms with Gasteiger partial charge in [0.1, 0.15) is 11.6 Å². The summed E-state index contributed by atoms with van der Waals surface area (Å²) in [6.07, 6.45) is -0.440. The van der Waals surface area contributed by atoms with Crippen LogP contribution in [0.2, 0.25) is 0 Å². The maximum Gasteiger partial charge on any atom is 0.408 e. The van der Waals surface area contributed by atoms with Gasteiger partial charge in [-0.3, -0.25) is 0 Å². The summed E-state index contributed by atoms with van der Waals surface area (Å²) in [5, 5.41) is 14.7. The molecule has 0 radical (unpaired) electrons. The lowest BCUT2D eigenvalue weighted by Crippen LogP contribution is -2.44. The first-order valence-electron chi connectivity index (χ1n) is 7.25. The number of aliphatic carboxylic acids is 1. The molecule has 1 aromatic carbocycles. The smallest absolute Gasteiger partial charge is 0.408 e. The van der Waals surface area contributed by atoms with E-state index in [1.165, 1.54) is 0 Å². The number of alkyl carbamates (subject to hydrolysis) is 1. The molecule has 6 nitrogen and oxygen atoms in total. The normalized spacial score (nSPS) is 12.5. The predicted octanol–water partition coefficient (Wildman–Crippen LogP) is 2.14. The molecule has 1 amide bonds. The number of nitrogens with one attached hydrogen (secondary N) is 2. The number of carboxylic acid groups (broad SMARTS) is 1. The number of amides is 1. The standard InChI is InChI=1S/C16H24N2O4/c1-16(2,3)22-15(21)18-13(14(19)20)9-10-17-11-12-7-5-4-6-8-12/h4-8,13,17H,9-11H2,1-3H3,(H,18,21)(H,19,20)/t13-/m0/s1. The molecule has 6 heteroatoms. The predicted molar refractivity (Wildman–Crippen MR) is 83.6 cm³/mol. The van der Waals surface area contributed by atoms with E-state index in [1.807, 2.05) is 30.3 Å². The fourth-order valence-corrected chi connectivity index (χ4v) is 1.78. The van der Waals surface area contributed by atoms with Crippen molar-refractivity contribution in [3.63, 3.8) is 0 Å². The SMILES string of the molecule is CC(C)(C)OC(=O)N[C@@H](CCNCc1ccccc1)C(=O)O. The van der Waals surface area contributed by atoms with Gasteiger partial charge in [-0.2, -0.15) is 0 Å². The lowest BCUT2D eigenvalue weighted by atomic mass is 10.2. The summed E-state index contributed by atoms with van der Waals surface area (Å²) in [5.74, 6) is -1.08. The summed E-state index contributed by atoms with van der Waals surface area (Å²) in [6.45, 7) is 6.30. The highest BCUT2D eigenvalue weighted by Gasteiger charge is 2.23. The van der Waals surface area contributed by atoms with Crippen molar-refractivity contribution in [3.8, 4) is 0 Å². The zero-order valence-electron chi connectivity index (χ0n) is 13.3. The van der Waals surface area contributed by atoms with Crippen LogP contribution in [0.1, 0.15) is 32.8 Å². The van der Waals surface area contributed by atoms with Gasteiger partial charge in [-0.05, 0) is 39.3 Å². The highest BCUT2D eigenvalue weighted by molar-refractivity contribution is 5.79. The number of carbonyl (C=O) groups is 2. The third-order valence-corrected chi connectivity index (χ3v) is 2.77. The minimum Gasteiger partial charge on any atom is -0.480 e. The molecule has 0 saturated carbocycles. The molecule has 0 heterocycles. The monoisotopic (exact) mass is 308 g/mol. The van der Waals surface area contributed by atoms with Crippen molar-refractivity contribution in [2.24, 2.45) is 0 Å². The number of hydrogen-bond acceptors (Lipinski definition) is 4. The van der Waals surface area contributed by atoms with E-state index < -0.39 is 23.7 Å². The van der Waals surface area contributed by atoms with Crippen molar-refractivity contribution in [1.29, 1.82) is 0 Å². The molecule has 0 aliphatic carbocycles. The summed E-state index contributed by atoms with van der Waals surface area (Å²) in [4.78, 5) is 22.8. The molecule has 1 aromatic rings. The second-order valence-corrected chi connectivity index (χ2v) is 5.99. The van der Waals surface area contributed by atoms with Gasteiger partial charge in [-0.25, -0.2) is 9.59 Å². The fourth-order valence-electron chi connectivity index (χ4n) is 1.78. The van der Waals surface area contributed by atoms with Gasteiger partial charge in [0.05, 0.1) is 0 Å². The first-order chi connectivity index (χ1) is 10.3. The van der Waals surface area contributed by atoms with E-state index in [1.54, 1.807) is 20.8 Å². The second kappa shape index (κ2) is 8.38. The fraction of sp³-hybridized carbons (Fsp3) is 0.500. The van der Waals surface area contributed by atoms with Crippen molar-refractivity contribution in [1.82, 2.24) is 10.6 Å². The average molecular weight is 308 g/mol. The molecule has 0 unspecified atom stereocenters. The van der Waals surface area contributed by atoms with Crippen molar-refractivity contribution in [2.75, 3.05) is 6.54 Å².